The Hall–Kier alpha value is -2.34. The first-order valence-corrected chi connectivity index (χ1v) is 10.4. The summed E-state index contributed by atoms with van der Waals surface area (Å²) in [5.41, 5.74) is 1.17. The summed E-state index contributed by atoms with van der Waals surface area (Å²) in [6.07, 6.45) is 2.01. The molecule has 3 atom stereocenters. The molecule has 0 aliphatic carbocycles. The quantitative estimate of drug-likeness (QED) is 0.731. The van der Waals surface area contributed by atoms with Gasteiger partial charge >= 0.3 is 0 Å². The summed E-state index contributed by atoms with van der Waals surface area (Å²) >= 11 is 0. The van der Waals surface area contributed by atoms with Gasteiger partial charge in [0.2, 0.25) is 0 Å². The summed E-state index contributed by atoms with van der Waals surface area (Å²) in [6, 6.07) is 18.1. The average Bonchev–Trinajstić information content (AvgIpc) is 2.80. The summed E-state index contributed by atoms with van der Waals surface area (Å²) in [5.74, 6) is 1.74. The molecule has 2 heterocycles. The molecule has 5 heteroatoms. The summed E-state index contributed by atoms with van der Waals surface area (Å²) in [5, 5.41) is 10.4. The van der Waals surface area contributed by atoms with Crippen molar-refractivity contribution in [1.29, 1.82) is 0 Å². The molecule has 2 aliphatic heterocycles. The zero-order valence-electron chi connectivity index (χ0n) is 16.8. The van der Waals surface area contributed by atoms with Crippen molar-refractivity contribution in [3.63, 3.8) is 0 Å². The summed E-state index contributed by atoms with van der Waals surface area (Å²) in [4.78, 5) is 4.83. The fourth-order valence-corrected chi connectivity index (χ4v) is 4.18. The monoisotopic (exact) mass is 394 g/mol. The number of hydrogen-bond donors (Lipinski definition) is 1. The highest BCUT2D eigenvalue weighted by Gasteiger charge is 2.30. The van der Waals surface area contributed by atoms with E-state index >= 15 is 0 Å². The van der Waals surface area contributed by atoms with Crippen LogP contribution >= 0.6 is 0 Å². The van der Waals surface area contributed by atoms with Gasteiger partial charge in [-0.15, -0.1) is 6.58 Å². The molecule has 1 saturated heterocycles. The van der Waals surface area contributed by atoms with Crippen molar-refractivity contribution in [2.75, 3.05) is 39.3 Å². The fraction of sp³-hybridized carbons (Fsp3) is 0.417. The topological polar surface area (TPSA) is 45.2 Å². The van der Waals surface area contributed by atoms with E-state index in [4.69, 9.17) is 9.47 Å². The Morgan fingerprint density at radius 1 is 1.00 bits per heavy atom. The second-order valence-corrected chi connectivity index (χ2v) is 7.74. The van der Waals surface area contributed by atoms with E-state index in [1.807, 2.05) is 42.5 Å². The summed E-state index contributed by atoms with van der Waals surface area (Å²) in [6.45, 7) is 9.21. The van der Waals surface area contributed by atoms with E-state index in [0.29, 0.717) is 6.61 Å². The van der Waals surface area contributed by atoms with Crippen molar-refractivity contribution in [2.24, 2.45) is 0 Å². The summed E-state index contributed by atoms with van der Waals surface area (Å²) < 4.78 is 12.0. The average molecular weight is 395 g/mol. The maximum absolute atomic E-state index is 10.4. The highest BCUT2D eigenvalue weighted by Crippen LogP contribution is 2.32. The number of piperazine rings is 1. The molecule has 2 aliphatic rings. The van der Waals surface area contributed by atoms with Gasteiger partial charge in [-0.05, 0) is 30.7 Å². The first kappa shape index (κ1) is 20.0. The van der Waals surface area contributed by atoms with E-state index in [9.17, 15) is 5.11 Å². The van der Waals surface area contributed by atoms with E-state index in [1.54, 1.807) is 6.08 Å². The molecule has 5 nitrogen and oxygen atoms in total. The van der Waals surface area contributed by atoms with Gasteiger partial charge in [-0.1, -0.05) is 48.5 Å². The number of aliphatic hydroxyl groups is 1. The van der Waals surface area contributed by atoms with Gasteiger partial charge in [0.15, 0.2) is 17.7 Å². The molecule has 0 bridgehead atoms. The van der Waals surface area contributed by atoms with Gasteiger partial charge in [-0.25, -0.2) is 0 Å². The van der Waals surface area contributed by atoms with E-state index in [2.05, 4.69) is 28.5 Å². The van der Waals surface area contributed by atoms with Crippen molar-refractivity contribution in [2.45, 2.75) is 24.7 Å². The molecule has 0 spiro atoms. The van der Waals surface area contributed by atoms with E-state index in [0.717, 1.165) is 50.6 Å². The Kier molecular flexibility index (Phi) is 6.49. The number of hydrogen-bond acceptors (Lipinski definition) is 5. The van der Waals surface area contributed by atoms with E-state index in [1.165, 1.54) is 5.56 Å². The number of fused-ring (bicyclic) bond motifs is 1. The Labute approximate surface area is 173 Å². The Morgan fingerprint density at radius 3 is 2.41 bits per heavy atom. The minimum absolute atomic E-state index is 0.0216. The lowest BCUT2D eigenvalue weighted by Gasteiger charge is -2.40. The van der Waals surface area contributed by atoms with Crippen LogP contribution in [0.5, 0.6) is 11.5 Å². The second kappa shape index (κ2) is 9.44. The number of aliphatic hydroxyl groups excluding tert-OH is 1. The maximum Gasteiger partial charge on any atom is 0.187 e. The van der Waals surface area contributed by atoms with Crippen molar-refractivity contribution >= 4 is 0 Å². The van der Waals surface area contributed by atoms with Crippen molar-refractivity contribution in [3.8, 4) is 11.5 Å². The van der Waals surface area contributed by atoms with Crippen LogP contribution in [0.15, 0.2) is 67.3 Å². The smallest absolute Gasteiger partial charge is 0.187 e. The molecule has 1 fully saturated rings. The van der Waals surface area contributed by atoms with Gasteiger partial charge in [0.1, 0.15) is 6.61 Å². The van der Waals surface area contributed by atoms with Gasteiger partial charge in [0, 0.05) is 32.1 Å². The van der Waals surface area contributed by atoms with Gasteiger partial charge in [0.05, 0.1) is 6.10 Å². The van der Waals surface area contributed by atoms with Crippen LogP contribution < -0.4 is 9.47 Å². The van der Waals surface area contributed by atoms with Crippen LogP contribution in [0.25, 0.3) is 0 Å². The maximum atomic E-state index is 10.4. The Bertz CT molecular complexity index is 790. The van der Waals surface area contributed by atoms with Crippen LogP contribution in [-0.4, -0.2) is 66.6 Å². The van der Waals surface area contributed by atoms with Gasteiger partial charge in [0.25, 0.3) is 0 Å². The summed E-state index contributed by atoms with van der Waals surface area (Å²) in [7, 11) is 0. The van der Waals surface area contributed by atoms with E-state index < -0.39 is 6.10 Å². The Balaban J connectivity index is 1.28. The predicted octanol–water partition coefficient (Wildman–Crippen LogP) is 3.12. The molecule has 0 aromatic heterocycles. The lowest BCUT2D eigenvalue weighted by atomic mass is 9.90. The molecule has 0 saturated carbocycles. The minimum atomic E-state index is -0.522. The van der Waals surface area contributed by atoms with Crippen LogP contribution in [0.1, 0.15) is 17.9 Å². The van der Waals surface area contributed by atoms with Gasteiger partial charge < -0.3 is 19.5 Å². The zero-order valence-corrected chi connectivity index (χ0v) is 16.8. The molecule has 2 aromatic carbocycles. The number of rotatable bonds is 7. The molecule has 154 valence electrons. The van der Waals surface area contributed by atoms with E-state index in [-0.39, 0.29) is 12.1 Å². The van der Waals surface area contributed by atoms with Gasteiger partial charge in [-0.2, -0.15) is 0 Å². The lowest BCUT2D eigenvalue weighted by molar-refractivity contribution is -0.0496. The third-order valence-corrected chi connectivity index (χ3v) is 5.95. The number of benzene rings is 2. The molecule has 29 heavy (non-hydrogen) atoms. The third-order valence-electron chi connectivity index (χ3n) is 5.95. The molecule has 4 rings (SSSR count). The highest BCUT2D eigenvalue weighted by atomic mass is 16.6. The van der Waals surface area contributed by atoms with Crippen molar-refractivity contribution in [3.05, 3.63) is 72.8 Å². The number of nitrogens with zero attached hydrogens (tertiary/aromatic N) is 2. The number of ether oxygens (including phenoxy) is 2. The molecular formula is C24H30N2O3. The molecule has 0 amide bonds. The number of para-hydroxylation sites is 2. The molecular weight excluding hydrogens is 364 g/mol. The minimum Gasteiger partial charge on any atom is -0.484 e. The zero-order chi connectivity index (χ0) is 20.1. The fourth-order valence-electron chi connectivity index (χ4n) is 4.18. The Morgan fingerprint density at radius 2 is 1.69 bits per heavy atom. The SMILES string of the molecule is C=CC(O)C(CCN1CCN(C2COc3ccccc3O2)CC1)c1ccccc1. The molecule has 3 unspecified atom stereocenters. The van der Waals surface area contributed by atoms with Crippen LogP contribution in [-0.2, 0) is 0 Å². The predicted molar refractivity (Wildman–Crippen MR) is 114 cm³/mol. The van der Waals surface area contributed by atoms with Gasteiger partial charge in [-0.3, -0.25) is 4.90 Å². The van der Waals surface area contributed by atoms with Crippen LogP contribution in [0.4, 0.5) is 0 Å². The van der Waals surface area contributed by atoms with Crippen molar-refractivity contribution < 1.29 is 14.6 Å². The highest BCUT2D eigenvalue weighted by molar-refractivity contribution is 5.40. The van der Waals surface area contributed by atoms with Crippen LogP contribution in [0, 0.1) is 0 Å². The molecule has 2 aromatic rings. The van der Waals surface area contributed by atoms with Crippen molar-refractivity contribution in [1.82, 2.24) is 9.80 Å². The molecule has 1 N–H and O–H groups in total. The normalized spacial score (nSPS) is 22.0. The third kappa shape index (κ3) is 4.81. The standard InChI is InChI=1S/C24H30N2O3/c1-2-21(27)20(19-8-4-3-5-9-19)12-13-25-14-16-26(17-15-25)24-18-28-22-10-6-7-11-23(22)29-24/h2-11,20-21,24,27H,1,12-18H2. The van der Waals surface area contributed by atoms with Crippen LogP contribution in [0.3, 0.4) is 0 Å². The lowest BCUT2D eigenvalue weighted by Crippen LogP contribution is -2.54. The van der Waals surface area contributed by atoms with Crippen LogP contribution in [0.2, 0.25) is 0 Å². The second-order valence-electron chi connectivity index (χ2n) is 7.74. The first-order valence-electron chi connectivity index (χ1n) is 10.4. The largest absolute Gasteiger partial charge is 0.484 e. The molecule has 0 radical (unpaired) electrons. The first-order chi connectivity index (χ1) is 14.2.